The Morgan fingerprint density at radius 1 is 1.21 bits per heavy atom. The molecule has 3 N–H and O–H groups in total. The Balaban J connectivity index is 0.000000364. The van der Waals surface area contributed by atoms with Gasteiger partial charge in [0.15, 0.2) is 0 Å². The molecular weight excluding hydrogens is 202 g/mol. The monoisotopic (exact) mass is 217 g/mol. The summed E-state index contributed by atoms with van der Waals surface area (Å²) in [4.78, 5) is -0.0741. The van der Waals surface area contributed by atoms with E-state index < -0.39 is 10.1 Å². The Morgan fingerprint density at radius 3 is 1.79 bits per heavy atom. The highest BCUT2D eigenvalue weighted by Gasteiger charge is 2.05. The summed E-state index contributed by atoms with van der Waals surface area (Å²) in [5, 5.41) is 0. The summed E-state index contributed by atoms with van der Waals surface area (Å²) in [5.41, 5.74) is 5.11. The second kappa shape index (κ2) is 5.74. The minimum Gasteiger partial charge on any atom is -0.328 e. The van der Waals surface area contributed by atoms with E-state index in [-0.39, 0.29) is 4.90 Å². The molecule has 1 aromatic rings. The van der Waals surface area contributed by atoms with Crippen LogP contribution in [0.15, 0.2) is 35.2 Å². The molecule has 1 aromatic carbocycles. The van der Waals surface area contributed by atoms with Crippen LogP contribution in [0.25, 0.3) is 0 Å². The second-order valence-electron chi connectivity index (χ2n) is 3.03. The van der Waals surface area contributed by atoms with Crippen LogP contribution < -0.4 is 5.73 Å². The van der Waals surface area contributed by atoms with E-state index >= 15 is 0 Å². The standard InChI is InChI=1S/C6H6O3S.C3H9N/c7-10(8,9)6-4-2-1-3-5-6;1-3(2)4/h1-5H,(H,7,8,9);3H,4H2,1-2H3. The highest BCUT2D eigenvalue weighted by molar-refractivity contribution is 7.85. The van der Waals surface area contributed by atoms with Crippen molar-refractivity contribution in [3.63, 3.8) is 0 Å². The Kier molecular flexibility index (Phi) is 5.37. The molecule has 0 spiro atoms. The fourth-order valence-electron chi connectivity index (χ4n) is 0.592. The molecule has 0 aliphatic rings. The summed E-state index contributed by atoms with van der Waals surface area (Å²) >= 11 is 0. The summed E-state index contributed by atoms with van der Waals surface area (Å²) in [6.45, 7) is 3.89. The van der Waals surface area contributed by atoms with Crippen molar-refractivity contribution in [1.29, 1.82) is 0 Å². The summed E-state index contributed by atoms with van der Waals surface area (Å²) in [7, 11) is -4.00. The maximum atomic E-state index is 10.4. The molecule has 0 aliphatic heterocycles. The Labute approximate surface area is 84.5 Å². The van der Waals surface area contributed by atoms with E-state index in [4.69, 9.17) is 10.3 Å². The smallest absolute Gasteiger partial charge is 0.294 e. The summed E-state index contributed by atoms with van der Waals surface area (Å²) in [5.74, 6) is 0. The van der Waals surface area contributed by atoms with Crippen molar-refractivity contribution in [2.45, 2.75) is 24.8 Å². The van der Waals surface area contributed by atoms with Crippen molar-refractivity contribution < 1.29 is 13.0 Å². The summed E-state index contributed by atoms with van der Waals surface area (Å²) in [6.07, 6.45) is 0. The quantitative estimate of drug-likeness (QED) is 0.694. The lowest BCUT2D eigenvalue weighted by molar-refractivity contribution is 0.483. The average Bonchev–Trinajstić information content (AvgIpc) is 2.03. The van der Waals surface area contributed by atoms with Crippen LogP contribution in [0, 0.1) is 0 Å². The number of rotatable bonds is 1. The van der Waals surface area contributed by atoms with E-state index in [0.29, 0.717) is 6.04 Å². The molecule has 4 nitrogen and oxygen atoms in total. The van der Waals surface area contributed by atoms with Gasteiger partial charge in [-0.05, 0) is 18.2 Å². The first-order chi connectivity index (χ1) is 6.34. The molecule has 0 saturated carbocycles. The molecule has 0 radical (unpaired) electrons. The highest BCUT2D eigenvalue weighted by Crippen LogP contribution is 2.05. The lowest BCUT2D eigenvalue weighted by atomic mass is 10.4. The van der Waals surface area contributed by atoms with Crippen LogP contribution in [-0.2, 0) is 10.1 Å². The van der Waals surface area contributed by atoms with Gasteiger partial charge in [-0.2, -0.15) is 8.42 Å². The number of hydrogen-bond donors (Lipinski definition) is 2. The lowest BCUT2D eigenvalue weighted by Crippen LogP contribution is -2.06. The van der Waals surface area contributed by atoms with Crippen LogP contribution in [0.1, 0.15) is 13.8 Å². The van der Waals surface area contributed by atoms with Crippen molar-refractivity contribution in [3.05, 3.63) is 30.3 Å². The molecule has 0 fully saturated rings. The molecule has 5 heteroatoms. The predicted octanol–water partition coefficient (Wildman–Crippen LogP) is 1.29. The van der Waals surface area contributed by atoms with Gasteiger partial charge in [-0.1, -0.05) is 32.0 Å². The van der Waals surface area contributed by atoms with Crippen molar-refractivity contribution in [3.8, 4) is 0 Å². The largest absolute Gasteiger partial charge is 0.328 e. The van der Waals surface area contributed by atoms with Crippen LogP contribution in [0.3, 0.4) is 0 Å². The maximum Gasteiger partial charge on any atom is 0.294 e. The van der Waals surface area contributed by atoms with Crippen LogP contribution in [0.4, 0.5) is 0 Å². The molecule has 14 heavy (non-hydrogen) atoms. The zero-order valence-corrected chi connectivity index (χ0v) is 9.03. The first-order valence-corrected chi connectivity index (χ1v) is 5.56. The highest BCUT2D eigenvalue weighted by atomic mass is 32.2. The lowest BCUT2D eigenvalue weighted by Gasteiger charge is -1.92. The SMILES string of the molecule is CC(C)N.O=S(=O)(O)c1ccccc1. The normalized spacial score (nSPS) is 10.6. The van der Waals surface area contributed by atoms with E-state index in [0.717, 1.165) is 0 Å². The van der Waals surface area contributed by atoms with E-state index in [9.17, 15) is 8.42 Å². The topological polar surface area (TPSA) is 80.4 Å². The van der Waals surface area contributed by atoms with Crippen molar-refractivity contribution in [2.24, 2.45) is 5.73 Å². The van der Waals surface area contributed by atoms with E-state index in [1.807, 2.05) is 13.8 Å². The van der Waals surface area contributed by atoms with Gasteiger partial charge >= 0.3 is 0 Å². The first kappa shape index (κ1) is 13.1. The first-order valence-electron chi connectivity index (χ1n) is 4.12. The average molecular weight is 217 g/mol. The minimum absolute atomic E-state index is 0.0741. The molecule has 80 valence electrons. The third-order valence-electron chi connectivity index (χ3n) is 1.04. The van der Waals surface area contributed by atoms with Gasteiger partial charge in [0.25, 0.3) is 10.1 Å². The van der Waals surface area contributed by atoms with Gasteiger partial charge in [0, 0.05) is 0 Å². The van der Waals surface area contributed by atoms with Gasteiger partial charge < -0.3 is 5.73 Å². The minimum atomic E-state index is -4.00. The van der Waals surface area contributed by atoms with Gasteiger partial charge in [-0.15, -0.1) is 0 Å². The fraction of sp³-hybridized carbons (Fsp3) is 0.333. The maximum absolute atomic E-state index is 10.4. The van der Waals surface area contributed by atoms with E-state index in [1.165, 1.54) is 12.1 Å². The second-order valence-corrected chi connectivity index (χ2v) is 4.45. The summed E-state index contributed by atoms with van der Waals surface area (Å²) < 4.78 is 29.2. The molecule has 0 unspecified atom stereocenters. The zero-order valence-electron chi connectivity index (χ0n) is 8.21. The molecule has 0 heterocycles. The van der Waals surface area contributed by atoms with Crippen LogP contribution in [-0.4, -0.2) is 19.0 Å². The molecule has 0 saturated heterocycles. The van der Waals surface area contributed by atoms with E-state index in [2.05, 4.69) is 0 Å². The molecule has 0 amide bonds. The predicted molar refractivity (Wildman–Crippen MR) is 55.6 cm³/mol. The van der Waals surface area contributed by atoms with Gasteiger partial charge in [0.05, 0.1) is 4.90 Å². The molecule has 0 atom stereocenters. The molecule has 0 bridgehead atoms. The third kappa shape index (κ3) is 6.59. The van der Waals surface area contributed by atoms with Gasteiger partial charge in [-0.3, -0.25) is 4.55 Å². The van der Waals surface area contributed by atoms with E-state index in [1.54, 1.807) is 18.2 Å². The fourth-order valence-corrected chi connectivity index (χ4v) is 1.09. The van der Waals surface area contributed by atoms with Gasteiger partial charge in [0.2, 0.25) is 0 Å². The van der Waals surface area contributed by atoms with Crippen LogP contribution in [0.2, 0.25) is 0 Å². The molecular formula is C9H15NO3S. The third-order valence-corrected chi connectivity index (χ3v) is 1.91. The van der Waals surface area contributed by atoms with Crippen molar-refractivity contribution >= 4 is 10.1 Å². The summed E-state index contributed by atoms with van der Waals surface area (Å²) in [6, 6.07) is 7.76. The van der Waals surface area contributed by atoms with Gasteiger partial charge in [-0.25, -0.2) is 0 Å². The Hall–Kier alpha value is -0.910. The molecule has 0 aliphatic carbocycles. The Bertz CT molecular complexity index is 343. The molecule has 0 aromatic heterocycles. The zero-order chi connectivity index (χ0) is 11.2. The number of hydrogen-bond acceptors (Lipinski definition) is 3. The van der Waals surface area contributed by atoms with Crippen LogP contribution >= 0.6 is 0 Å². The Morgan fingerprint density at radius 2 is 1.57 bits per heavy atom. The number of nitrogens with two attached hydrogens (primary N) is 1. The number of benzene rings is 1. The van der Waals surface area contributed by atoms with Crippen molar-refractivity contribution in [2.75, 3.05) is 0 Å². The molecule has 1 rings (SSSR count). The van der Waals surface area contributed by atoms with Crippen molar-refractivity contribution in [1.82, 2.24) is 0 Å². The van der Waals surface area contributed by atoms with Gasteiger partial charge in [0.1, 0.15) is 0 Å². The van der Waals surface area contributed by atoms with Crippen LogP contribution in [0.5, 0.6) is 0 Å².